The van der Waals surface area contributed by atoms with Crippen LogP contribution in [0.3, 0.4) is 0 Å². The van der Waals surface area contributed by atoms with Crippen LogP contribution in [0.2, 0.25) is 0 Å². The van der Waals surface area contributed by atoms with Crippen LogP contribution in [-0.2, 0) is 6.54 Å². The second-order valence-electron chi connectivity index (χ2n) is 4.56. The van der Waals surface area contributed by atoms with Gasteiger partial charge < -0.3 is 10.4 Å². The first-order valence-electron chi connectivity index (χ1n) is 6.43. The summed E-state index contributed by atoms with van der Waals surface area (Å²) >= 11 is 4.96. The summed E-state index contributed by atoms with van der Waals surface area (Å²) in [5.74, 6) is 0.254. The van der Waals surface area contributed by atoms with E-state index in [9.17, 15) is 5.11 Å². The van der Waals surface area contributed by atoms with Gasteiger partial charge in [-0.15, -0.1) is 11.3 Å². The molecule has 2 N–H and O–H groups in total. The molecule has 0 unspecified atom stereocenters. The number of thiazole rings is 1. The summed E-state index contributed by atoms with van der Waals surface area (Å²) in [7, 11) is 0. The van der Waals surface area contributed by atoms with E-state index >= 15 is 0 Å². The Morgan fingerprint density at radius 1 is 1.19 bits per heavy atom. The van der Waals surface area contributed by atoms with Gasteiger partial charge in [0.05, 0.1) is 4.47 Å². The van der Waals surface area contributed by atoms with Crippen molar-refractivity contribution in [3.05, 3.63) is 64.1 Å². The topological polar surface area (TPSA) is 45.1 Å². The van der Waals surface area contributed by atoms with Gasteiger partial charge in [0.2, 0.25) is 0 Å². The molecule has 2 aromatic carbocycles. The highest BCUT2D eigenvalue weighted by Crippen LogP contribution is 2.26. The van der Waals surface area contributed by atoms with Crippen molar-refractivity contribution in [2.45, 2.75) is 6.54 Å². The van der Waals surface area contributed by atoms with Crippen LogP contribution < -0.4 is 5.32 Å². The zero-order valence-corrected chi connectivity index (χ0v) is 13.5. The fourth-order valence-corrected chi connectivity index (χ4v) is 3.05. The Bertz CT molecular complexity index is 744. The molecule has 0 radical (unpaired) electrons. The van der Waals surface area contributed by atoms with E-state index in [0.29, 0.717) is 11.0 Å². The molecule has 0 bridgehead atoms. The Morgan fingerprint density at radius 3 is 2.86 bits per heavy atom. The third-order valence-electron chi connectivity index (χ3n) is 3.05. The van der Waals surface area contributed by atoms with Crippen LogP contribution >= 0.6 is 27.3 Å². The maximum Gasteiger partial charge on any atom is 0.129 e. The molecule has 3 aromatic rings. The zero-order valence-electron chi connectivity index (χ0n) is 11.1. The molecule has 21 heavy (non-hydrogen) atoms. The van der Waals surface area contributed by atoms with E-state index in [0.717, 1.165) is 21.8 Å². The minimum atomic E-state index is 0.254. The molecule has 5 heteroatoms. The van der Waals surface area contributed by atoms with E-state index in [1.165, 1.54) is 0 Å². The van der Waals surface area contributed by atoms with Gasteiger partial charge in [-0.1, -0.05) is 18.2 Å². The lowest BCUT2D eigenvalue weighted by molar-refractivity contribution is 0.471. The molecule has 0 spiro atoms. The highest BCUT2D eigenvalue weighted by molar-refractivity contribution is 9.10. The van der Waals surface area contributed by atoms with E-state index < -0.39 is 0 Å². The van der Waals surface area contributed by atoms with Gasteiger partial charge in [0.15, 0.2) is 0 Å². The van der Waals surface area contributed by atoms with Crippen LogP contribution in [0.4, 0.5) is 5.69 Å². The molecule has 0 fully saturated rings. The second-order valence-corrected chi connectivity index (χ2v) is 6.31. The van der Waals surface area contributed by atoms with E-state index in [-0.39, 0.29) is 5.75 Å². The SMILES string of the molecule is Oc1ccc(CNc2cccc(-c3nccs3)c2)cc1Br. The number of nitrogens with one attached hydrogen (secondary N) is 1. The van der Waals surface area contributed by atoms with Crippen molar-refractivity contribution >= 4 is 33.0 Å². The maximum absolute atomic E-state index is 9.50. The van der Waals surface area contributed by atoms with Crippen molar-refractivity contribution in [1.29, 1.82) is 0 Å². The van der Waals surface area contributed by atoms with Gasteiger partial charge in [-0.05, 0) is 45.8 Å². The second kappa shape index (κ2) is 6.28. The monoisotopic (exact) mass is 360 g/mol. The molecule has 0 amide bonds. The summed E-state index contributed by atoms with van der Waals surface area (Å²) in [4.78, 5) is 4.32. The molecule has 0 aliphatic rings. The first kappa shape index (κ1) is 14.1. The Balaban J connectivity index is 1.73. The molecular formula is C16H13BrN2OS. The predicted octanol–water partition coefficient (Wildman–Crippen LogP) is 4.89. The van der Waals surface area contributed by atoms with Gasteiger partial charge in [-0.3, -0.25) is 0 Å². The molecule has 106 valence electrons. The van der Waals surface area contributed by atoms with E-state index in [2.05, 4.69) is 38.4 Å². The average molecular weight is 361 g/mol. The third-order valence-corrected chi connectivity index (χ3v) is 4.51. The fourth-order valence-electron chi connectivity index (χ4n) is 1.99. The van der Waals surface area contributed by atoms with E-state index in [1.807, 2.05) is 35.8 Å². The van der Waals surface area contributed by atoms with Crippen molar-refractivity contribution < 1.29 is 5.11 Å². The fraction of sp³-hybridized carbons (Fsp3) is 0.0625. The Kier molecular flexibility index (Phi) is 4.22. The van der Waals surface area contributed by atoms with Crippen molar-refractivity contribution in [3.63, 3.8) is 0 Å². The van der Waals surface area contributed by atoms with Gasteiger partial charge in [0.25, 0.3) is 0 Å². The van der Waals surface area contributed by atoms with Crippen LogP contribution in [0, 0.1) is 0 Å². The number of anilines is 1. The summed E-state index contributed by atoms with van der Waals surface area (Å²) in [6.45, 7) is 0.695. The number of aromatic hydroxyl groups is 1. The zero-order chi connectivity index (χ0) is 14.7. The molecule has 0 saturated heterocycles. The van der Waals surface area contributed by atoms with Gasteiger partial charge >= 0.3 is 0 Å². The number of hydrogen-bond acceptors (Lipinski definition) is 4. The predicted molar refractivity (Wildman–Crippen MR) is 90.7 cm³/mol. The minimum absolute atomic E-state index is 0.254. The summed E-state index contributed by atoms with van der Waals surface area (Å²) in [5, 5.41) is 15.9. The van der Waals surface area contributed by atoms with E-state index in [1.54, 1.807) is 17.4 Å². The minimum Gasteiger partial charge on any atom is -0.507 e. The number of halogens is 1. The van der Waals surface area contributed by atoms with Crippen molar-refractivity contribution in [2.75, 3.05) is 5.32 Å². The molecule has 3 rings (SSSR count). The lowest BCUT2D eigenvalue weighted by Gasteiger charge is -2.08. The lowest BCUT2D eigenvalue weighted by atomic mass is 10.2. The van der Waals surface area contributed by atoms with Crippen molar-refractivity contribution in [3.8, 4) is 16.3 Å². The highest BCUT2D eigenvalue weighted by atomic mass is 79.9. The van der Waals surface area contributed by atoms with Gasteiger partial charge in [0.1, 0.15) is 10.8 Å². The van der Waals surface area contributed by atoms with Crippen molar-refractivity contribution in [2.24, 2.45) is 0 Å². The Hall–Kier alpha value is -1.85. The van der Waals surface area contributed by atoms with E-state index in [4.69, 9.17) is 0 Å². The molecular weight excluding hydrogens is 348 g/mol. The number of nitrogens with zero attached hydrogens (tertiary/aromatic N) is 1. The normalized spacial score (nSPS) is 10.5. The molecule has 0 atom stereocenters. The van der Waals surface area contributed by atoms with Crippen LogP contribution in [0.25, 0.3) is 10.6 Å². The summed E-state index contributed by atoms with van der Waals surface area (Å²) < 4.78 is 0.707. The van der Waals surface area contributed by atoms with Crippen molar-refractivity contribution in [1.82, 2.24) is 4.98 Å². The standard InChI is InChI=1S/C16H13BrN2OS/c17-14-8-11(4-5-15(14)20)10-19-13-3-1-2-12(9-13)16-18-6-7-21-16/h1-9,19-20H,10H2. The van der Waals surface area contributed by atoms with Crippen LogP contribution in [0.15, 0.2) is 58.5 Å². The number of aromatic nitrogens is 1. The number of phenolic OH excluding ortho intramolecular Hbond substituents is 1. The molecule has 1 aromatic heterocycles. The lowest BCUT2D eigenvalue weighted by Crippen LogP contribution is -1.99. The smallest absolute Gasteiger partial charge is 0.129 e. The van der Waals surface area contributed by atoms with Crippen LogP contribution in [0.1, 0.15) is 5.56 Å². The summed E-state index contributed by atoms with van der Waals surface area (Å²) in [6.07, 6.45) is 1.81. The third kappa shape index (κ3) is 3.43. The Morgan fingerprint density at radius 2 is 2.10 bits per heavy atom. The summed E-state index contributed by atoms with van der Waals surface area (Å²) in [6, 6.07) is 13.7. The molecule has 3 nitrogen and oxygen atoms in total. The largest absolute Gasteiger partial charge is 0.507 e. The Labute approximate surface area is 135 Å². The number of hydrogen-bond donors (Lipinski definition) is 2. The summed E-state index contributed by atoms with van der Waals surface area (Å²) in [5.41, 5.74) is 3.26. The van der Waals surface area contributed by atoms with Gasteiger partial charge in [-0.2, -0.15) is 0 Å². The number of phenols is 1. The molecule has 0 aliphatic carbocycles. The quantitative estimate of drug-likeness (QED) is 0.695. The molecule has 0 aliphatic heterocycles. The number of benzene rings is 2. The maximum atomic E-state index is 9.50. The first-order valence-corrected chi connectivity index (χ1v) is 8.11. The van der Waals surface area contributed by atoms with Gasteiger partial charge in [0, 0.05) is 29.4 Å². The van der Waals surface area contributed by atoms with Crippen LogP contribution in [0.5, 0.6) is 5.75 Å². The number of rotatable bonds is 4. The molecule has 1 heterocycles. The first-order chi connectivity index (χ1) is 10.2. The average Bonchev–Trinajstić information content (AvgIpc) is 3.03. The molecule has 0 saturated carbocycles. The van der Waals surface area contributed by atoms with Gasteiger partial charge in [-0.25, -0.2) is 4.98 Å². The highest BCUT2D eigenvalue weighted by Gasteiger charge is 2.03. The van der Waals surface area contributed by atoms with Crippen LogP contribution in [-0.4, -0.2) is 10.1 Å².